The highest BCUT2D eigenvalue weighted by atomic mass is 19.4. The first kappa shape index (κ1) is 22.7. The molecule has 0 spiro atoms. The Bertz CT molecular complexity index is 740. The Morgan fingerprint density at radius 1 is 1.34 bits per heavy atom. The molecule has 1 atom stereocenters. The van der Waals surface area contributed by atoms with Gasteiger partial charge in [0, 0.05) is 38.8 Å². The Kier molecular flexibility index (Phi) is 7.63. The highest BCUT2D eigenvalue weighted by molar-refractivity contribution is 5.85. The molecule has 0 saturated carbocycles. The maximum Gasteiger partial charge on any atom is 0.406 e. The molecule has 1 fully saturated rings. The number of halogens is 5. The molecule has 162 valence electrons. The zero-order valence-electron chi connectivity index (χ0n) is 16.2. The molecular weight excluding hydrogens is 397 g/mol. The van der Waals surface area contributed by atoms with E-state index in [0.29, 0.717) is 36.6 Å². The lowest BCUT2D eigenvalue weighted by atomic mass is 10.2. The number of carbonyl (C=O) groups excluding carboxylic acids is 1. The van der Waals surface area contributed by atoms with Gasteiger partial charge < -0.3 is 20.4 Å². The fourth-order valence-electron chi connectivity index (χ4n) is 2.97. The Hall–Kier alpha value is -2.59. The Morgan fingerprint density at radius 2 is 2.07 bits per heavy atom. The molecule has 1 heterocycles. The van der Waals surface area contributed by atoms with Crippen LogP contribution in [0.1, 0.15) is 13.3 Å². The third-order valence-electron chi connectivity index (χ3n) is 4.34. The maximum absolute atomic E-state index is 14.0. The van der Waals surface area contributed by atoms with Crippen molar-refractivity contribution in [2.45, 2.75) is 25.6 Å². The summed E-state index contributed by atoms with van der Waals surface area (Å²) in [5.74, 6) is -1.78. The molecule has 1 aromatic carbocycles. The van der Waals surface area contributed by atoms with Crippen molar-refractivity contribution in [3.05, 3.63) is 29.8 Å². The second-order valence-corrected chi connectivity index (χ2v) is 6.73. The van der Waals surface area contributed by atoms with Crippen LogP contribution < -0.4 is 15.5 Å². The highest BCUT2D eigenvalue weighted by Crippen LogP contribution is 2.24. The van der Waals surface area contributed by atoms with Crippen molar-refractivity contribution in [1.29, 1.82) is 0 Å². The van der Waals surface area contributed by atoms with E-state index in [2.05, 4.69) is 15.6 Å². The second kappa shape index (κ2) is 9.75. The average molecular weight is 421 g/mol. The molecule has 29 heavy (non-hydrogen) atoms. The normalized spacial score (nSPS) is 17.4. The summed E-state index contributed by atoms with van der Waals surface area (Å²) in [6.07, 6.45) is -3.83. The van der Waals surface area contributed by atoms with Crippen molar-refractivity contribution >= 4 is 17.6 Å². The van der Waals surface area contributed by atoms with E-state index < -0.39 is 36.8 Å². The number of rotatable bonds is 6. The number of amides is 1. The maximum atomic E-state index is 14.0. The van der Waals surface area contributed by atoms with Crippen LogP contribution >= 0.6 is 0 Å². The van der Waals surface area contributed by atoms with Gasteiger partial charge in [-0.3, -0.25) is 4.79 Å². The van der Waals surface area contributed by atoms with Crippen LogP contribution in [0.25, 0.3) is 0 Å². The smallest absolute Gasteiger partial charge is 0.367 e. The summed E-state index contributed by atoms with van der Waals surface area (Å²) in [5, 5.41) is 6.03. The molecule has 0 radical (unpaired) electrons. The summed E-state index contributed by atoms with van der Waals surface area (Å²) in [5.41, 5.74) is 0.293. The van der Waals surface area contributed by atoms with E-state index in [1.165, 1.54) is 12.1 Å². The van der Waals surface area contributed by atoms with Crippen LogP contribution in [0.5, 0.6) is 0 Å². The largest absolute Gasteiger partial charge is 0.406 e. The quantitative estimate of drug-likeness (QED) is 0.420. The van der Waals surface area contributed by atoms with Crippen molar-refractivity contribution in [2.75, 3.05) is 44.7 Å². The molecular formula is C18H24F5N5O. The molecule has 0 aliphatic carbocycles. The molecule has 1 saturated heterocycles. The van der Waals surface area contributed by atoms with Crippen molar-refractivity contribution in [2.24, 2.45) is 4.99 Å². The number of likely N-dealkylation sites (N-methyl/N-ethyl adjacent to an activating group) is 1. The predicted octanol–water partition coefficient (Wildman–Crippen LogP) is 2.12. The minimum absolute atomic E-state index is 0.125. The van der Waals surface area contributed by atoms with Crippen LogP contribution in [-0.4, -0.2) is 68.8 Å². The number of nitrogens with one attached hydrogen (secondary N) is 2. The molecule has 2 N–H and O–H groups in total. The van der Waals surface area contributed by atoms with Crippen LogP contribution in [0, 0.1) is 11.6 Å². The number of alkyl halides is 3. The lowest BCUT2D eigenvalue weighted by Gasteiger charge is -2.21. The molecule has 0 bridgehead atoms. The highest BCUT2D eigenvalue weighted by Gasteiger charge is 2.31. The van der Waals surface area contributed by atoms with E-state index in [9.17, 15) is 26.7 Å². The van der Waals surface area contributed by atoms with Crippen LogP contribution in [0.4, 0.5) is 27.6 Å². The van der Waals surface area contributed by atoms with Crippen molar-refractivity contribution < 1.29 is 26.7 Å². The lowest BCUT2D eigenvalue weighted by molar-refractivity contribution is -0.157. The molecule has 1 aliphatic heterocycles. The molecule has 6 nitrogen and oxygen atoms in total. The first-order chi connectivity index (χ1) is 13.6. The number of nitrogens with zero attached hydrogens (tertiary/aromatic N) is 3. The number of guanidine groups is 1. The summed E-state index contributed by atoms with van der Waals surface area (Å²) in [4.78, 5) is 18.2. The zero-order valence-corrected chi connectivity index (χ0v) is 16.2. The average Bonchev–Trinajstić information content (AvgIpc) is 3.06. The van der Waals surface area contributed by atoms with Gasteiger partial charge in [-0.05, 0) is 25.5 Å². The monoisotopic (exact) mass is 421 g/mol. The van der Waals surface area contributed by atoms with Gasteiger partial charge in [-0.2, -0.15) is 13.2 Å². The number of carbonyl (C=O) groups is 1. The van der Waals surface area contributed by atoms with E-state index in [1.54, 1.807) is 4.90 Å². The summed E-state index contributed by atoms with van der Waals surface area (Å²) < 4.78 is 64.2. The Morgan fingerprint density at radius 3 is 2.69 bits per heavy atom. The van der Waals surface area contributed by atoms with E-state index >= 15 is 0 Å². The lowest BCUT2D eigenvalue weighted by Crippen LogP contribution is -2.45. The van der Waals surface area contributed by atoms with Crippen LogP contribution in [-0.2, 0) is 4.79 Å². The number of aliphatic imine (C=N–C) groups is 1. The van der Waals surface area contributed by atoms with Gasteiger partial charge in [0.05, 0.1) is 5.69 Å². The fourth-order valence-corrected chi connectivity index (χ4v) is 2.97. The molecule has 0 aromatic heterocycles. The summed E-state index contributed by atoms with van der Waals surface area (Å²) in [6, 6.07) is 3.26. The standard InChI is InChI=1S/C18H24F5N5O/c1-3-24-17(25-9-16(29)27(2)11-18(21,22)23)26-13-6-7-28(10-13)15-5-4-12(19)8-14(15)20/h4-5,8,13H,3,6-7,9-11H2,1-2H3,(H2,24,25,26). The fraction of sp³-hybridized carbons (Fsp3) is 0.556. The summed E-state index contributed by atoms with van der Waals surface area (Å²) >= 11 is 0. The zero-order chi connectivity index (χ0) is 21.6. The van der Waals surface area contributed by atoms with E-state index in [4.69, 9.17) is 0 Å². The Balaban J connectivity index is 1.94. The SMILES string of the molecule is CCNC(=NCC(=O)N(C)CC(F)(F)F)NC1CCN(c2ccc(F)cc2F)C1. The van der Waals surface area contributed by atoms with Gasteiger partial charge in [0.15, 0.2) is 5.96 Å². The topological polar surface area (TPSA) is 60.0 Å². The summed E-state index contributed by atoms with van der Waals surface area (Å²) in [6.45, 7) is 1.48. The first-order valence-electron chi connectivity index (χ1n) is 9.14. The number of hydrogen-bond acceptors (Lipinski definition) is 3. The number of benzene rings is 1. The third kappa shape index (κ3) is 7.06. The van der Waals surface area contributed by atoms with E-state index in [-0.39, 0.29) is 12.0 Å². The van der Waals surface area contributed by atoms with Gasteiger partial charge in [-0.25, -0.2) is 13.8 Å². The van der Waals surface area contributed by atoms with Crippen molar-refractivity contribution in [3.63, 3.8) is 0 Å². The van der Waals surface area contributed by atoms with Crippen molar-refractivity contribution in [1.82, 2.24) is 15.5 Å². The Labute approximate surface area is 165 Å². The molecule has 1 aliphatic rings. The van der Waals surface area contributed by atoms with Crippen LogP contribution in [0.3, 0.4) is 0 Å². The van der Waals surface area contributed by atoms with Gasteiger partial charge >= 0.3 is 6.18 Å². The molecule has 2 rings (SSSR count). The second-order valence-electron chi connectivity index (χ2n) is 6.73. The van der Waals surface area contributed by atoms with Gasteiger partial charge in [0.1, 0.15) is 24.7 Å². The van der Waals surface area contributed by atoms with E-state index in [1.807, 2.05) is 6.92 Å². The number of hydrogen-bond donors (Lipinski definition) is 2. The third-order valence-corrected chi connectivity index (χ3v) is 4.34. The number of anilines is 1. The first-order valence-corrected chi connectivity index (χ1v) is 9.14. The van der Waals surface area contributed by atoms with Gasteiger partial charge in [0.2, 0.25) is 5.91 Å². The van der Waals surface area contributed by atoms with Gasteiger partial charge in [0.25, 0.3) is 0 Å². The predicted molar refractivity (Wildman–Crippen MR) is 99.8 cm³/mol. The molecule has 1 unspecified atom stereocenters. The molecule has 1 aromatic rings. The van der Waals surface area contributed by atoms with Crippen LogP contribution in [0.2, 0.25) is 0 Å². The minimum atomic E-state index is -4.47. The van der Waals surface area contributed by atoms with Crippen LogP contribution in [0.15, 0.2) is 23.2 Å². The van der Waals surface area contributed by atoms with E-state index in [0.717, 1.165) is 13.1 Å². The van der Waals surface area contributed by atoms with Gasteiger partial charge in [-0.1, -0.05) is 0 Å². The molecule has 11 heteroatoms. The molecule has 1 amide bonds. The minimum Gasteiger partial charge on any atom is -0.367 e. The summed E-state index contributed by atoms with van der Waals surface area (Å²) in [7, 11) is 1.07. The van der Waals surface area contributed by atoms with Crippen molar-refractivity contribution in [3.8, 4) is 0 Å². The van der Waals surface area contributed by atoms with Gasteiger partial charge in [-0.15, -0.1) is 0 Å².